The molecule has 0 unspecified atom stereocenters. The maximum atomic E-state index is 12.3. The van der Waals surface area contributed by atoms with Gasteiger partial charge in [0.2, 0.25) is 5.91 Å². The van der Waals surface area contributed by atoms with E-state index in [1.165, 1.54) is 0 Å². The van der Waals surface area contributed by atoms with Gasteiger partial charge in [-0.05, 0) is 45.1 Å². The number of carbonyl (C=O) groups is 1. The van der Waals surface area contributed by atoms with Crippen LogP contribution in [0, 0.1) is 0 Å². The third kappa shape index (κ3) is 6.18. The fourth-order valence-electron chi connectivity index (χ4n) is 4.10. The molecule has 0 saturated heterocycles. The Hall–Kier alpha value is -3.68. The summed E-state index contributed by atoms with van der Waals surface area (Å²) in [6.45, 7) is 1.07. The van der Waals surface area contributed by atoms with Crippen LogP contribution in [0.4, 0.5) is 5.82 Å². The molecule has 0 atom stereocenters. The Morgan fingerprint density at radius 2 is 1.62 bits per heavy atom. The lowest BCUT2D eigenvalue weighted by Gasteiger charge is -2.12. The summed E-state index contributed by atoms with van der Waals surface area (Å²) in [6.07, 6.45) is 2.93. The molecule has 186 valence electrons. The minimum Gasteiger partial charge on any atom is -0.366 e. The first kappa shape index (κ1) is 25.0. The second kappa shape index (κ2) is 11.6. The number of hydrogen-bond donors (Lipinski definition) is 2. The molecular weight excluding hydrogens is 550 g/mol. The number of nitrogens with one attached hydrogen (secondary N) is 2. The maximum absolute atomic E-state index is 12.3. The zero-order valence-electron chi connectivity index (χ0n) is 20.0. The number of anilines is 1. The highest BCUT2D eigenvalue weighted by molar-refractivity contribution is 9.10. The third-order valence-corrected chi connectivity index (χ3v) is 6.91. The molecule has 0 fully saturated rings. The number of fused-ring (bicyclic) bond motifs is 1. The SMILES string of the molecule is O=C(CCc1ccccc1)NCc1cccc(CNc2cc(-c3ccccc3Cl)nc3c(Br)cnn23)c1. The van der Waals surface area contributed by atoms with E-state index in [-0.39, 0.29) is 5.91 Å². The monoisotopic (exact) mass is 573 g/mol. The molecule has 0 saturated carbocycles. The van der Waals surface area contributed by atoms with Gasteiger partial charge in [-0.2, -0.15) is 9.61 Å². The van der Waals surface area contributed by atoms with Gasteiger partial charge in [0.1, 0.15) is 5.82 Å². The molecular formula is C29H25BrClN5O. The van der Waals surface area contributed by atoms with Crippen LogP contribution in [0.5, 0.6) is 0 Å². The van der Waals surface area contributed by atoms with E-state index in [4.69, 9.17) is 16.6 Å². The highest BCUT2D eigenvalue weighted by Crippen LogP contribution is 2.30. The summed E-state index contributed by atoms with van der Waals surface area (Å²) < 4.78 is 2.57. The molecule has 0 radical (unpaired) electrons. The molecule has 3 aromatic carbocycles. The second-order valence-corrected chi connectivity index (χ2v) is 9.93. The molecule has 0 spiro atoms. The fourth-order valence-corrected chi connectivity index (χ4v) is 4.68. The molecule has 6 nitrogen and oxygen atoms in total. The smallest absolute Gasteiger partial charge is 0.220 e. The Morgan fingerprint density at radius 1 is 0.892 bits per heavy atom. The fraction of sp³-hybridized carbons (Fsp3) is 0.138. The predicted octanol–water partition coefficient (Wildman–Crippen LogP) is 6.67. The number of carbonyl (C=O) groups excluding carboxylic acids is 1. The molecule has 2 N–H and O–H groups in total. The van der Waals surface area contributed by atoms with Gasteiger partial charge in [0.25, 0.3) is 0 Å². The van der Waals surface area contributed by atoms with Gasteiger partial charge in [-0.15, -0.1) is 0 Å². The number of amides is 1. The number of benzene rings is 3. The molecule has 8 heteroatoms. The summed E-state index contributed by atoms with van der Waals surface area (Å²) in [4.78, 5) is 17.1. The van der Waals surface area contributed by atoms with Crippen molar-refractivity contribution in [2.24, 2.45) is 0 Å². The standard InChI is InChI=1S/C29H25BrClN5O/c30-24-19-34-36-27(16-26(35-29(24)36)23-11-4-5-12-25(23)31)32-17-21-9-6-10-22(15-21)18-33-28(37)14-13-20-7-2-1-3-8-20/h1-12,15-16,19,32H,13-14,17-18H2,(H,33,37). The lowest BCUT2D eigenvalue weighted by atomic mass is 10.1. The first-order valence-corrected chi connectivity index (χ1v) is 13.2. The van der Waals surface area contributed by atoms with Gasteiger partial charge in [-0.3, -0.25) is 4.79 Å². The molecule has 37 heavy (non-hydrogen) atoms. The van der Waals surface area contributed by atoms with Crippen LogP contribution < -0.4 is 10.6 Å². The van der Waals surface area contributed by atoms with Crippen LogP contribution in [0.1, 0.15) is 23.1 Å². The Morgan fingerprint density at radius 3 is 2.43 bits per heavy atom. The molecule has 0 aliphatic rings. The Bertz CT molecular complexity index is 1540. The van der Waals surface area contributed by atoms with Crippen molar-refractivity contribution in [3.8, 4) is 11.3 Å². The van der Waals surface area contributed by atoms with Crippen LogP contribution in [0.2, 0.25) is 5.02 Å². The van der Waals surface area contributed by atoms with E-state index in [2.05, 4.69) is 43.8 Å². The van der Waals surface area contributed by atoms with Gasteiger partial charge in [0.05, 0.1) is 16.4 Å². The van der Waals surface area contributed by atoms with Crippen molar-refractivity contribution in [2.45, 2.75) is 25.9 Å². The van der Waals surface area contributed by atoms with Crippen molar-refractivity contribution in [3.63, 3.8) is 0 Å². The number of rotatable bonds is 9. The van der Waals surface area contributed by atoms with E-state index in [1.54, 1.807) is 10.7 Å². The Labute approximate surface area is 228 Å². The Kier molecular flexibility index (Phi) is 7.82. The van der Waals surface area contributed by atoms with Gasteiger partial charge in [0.15, 0.2) is 5.65 Å². The third-order valence-electron chi connectivity index (χ3n) is 6.02. The van der Waals surface area contributed by atoms with E-state index >= 15 is 0 Å². The minimum atomic E-state index is 0.0444. The molecule has 5 aromatic rings. The summed E-state index contributed by atoms with van der Waals surface area (Å²) in [5.74, 6) is 0.841. The van der Waals surface area contributed by atoms with Crippen molar-refractivity contribution in [3.05, 3.63) is 117 Å². The van der Waals surface area contributed by atoms with E-state index in [9.17, 15) is 4.79 Å². The lowest BCUT2D eigenvalue weighted by molar-refractivity contribution is -0.121. The average Bonchev–Trinajstić information content (AvgIpc) is 3.31. The summed E-state index contributed by atoms with van der Waals surface area (Å²) in [7, 11) is 0. The molecule has 0 aliphatic heterocycles. The zero-order valence-corrected chi connectivity index (χ0v) is 22.3. The van der Waals surface area contributed by atoms with E-state index in [1.807, 2.05) is 72.8 Å². The highest BCUT2D eigenvalue weighted by atomic mass is 79.9. The van der Waals surface area contributed by atoms with Crippen molar-refractivity contribution < 1.29 is 4.79 Å². The minimum absolute atomic E-state index is 0.0444. The summed E-state index contributed by atoms with van der Waals surface area (Å²) >= 11 is 9.99. The molecule has 1 amide bonds. The second-order valence-electron chi connectivity index (χ2n) is 8.67. The summed E-state index contributed by atoms with van der Waals surface area (Å²) in [5.41, 5.74) is 5.61. The quantitative estimate of drug-likeness (QED) is 0.206. The molecule has 0 bridgehead atoms. The van der Waals surface area contributed by atoms with Gasteiger partial charge in [-0.25, -0.2) is 4.98 Å². The van der Waals surface area contributed by atoms with Gasteiger partial charge in [-0.1, -0.05) is 84.4 Å². The van der Waals surface area contributed by atoms with E-state index in [0.29, 0.717) is 30.2 Å². The van der Waals surface area contributed by atoms with Gasteiger partial charge >= 0.3 is 0 Å². The van der Waals surface area contributed by atoms with Crippen LogP contribution in [0.25, 0.3) is 16.9 Å². The van der Waals surface area contributed by atoms with Crippen molar-refractivity contribution >= 4 is 44.9 Å². The van der Waals surface area contributed by atoms with Crippen LogP contribution in [0.15, 0.2) is 95.6 Å². The highest BCUT2D eigenvalue weighted by Gasteiger charge is 2.13. The van der Waals surface area contributed by atoms with Gasteiger partial charge < -0.3 is 10.6 Å². The number of aromatic nitrogens is 3. The number of aryl methyl sites for hydroxylation is 1. The summed E-state index contributed by atoms with van der Waals surface area (Å²) in [5, 5.41) is 11.6. The first-order chi connectivity index (χ1) is 18.1. The molecule has 2 aromatic heterocycles. The van der Waals surface area contributed by atoms with Crippen molar-refractivity contribution in [1.29, 1.82) is 0 Å². The van der Waals surface area contributed by atoms with Gasteiger partial charge in [0, 0.05) is 36.2 Å². The van der Waals surface area contributed by atoms with E-state index < -0.39 is 0 Å². The maximum Gasteiger partial charge on any atom is 0.220 e. The number of halogens is 2. The largest absolute Gasteiger partial charge is 0.366 e. The van der Waals surface area contributed by atoms with Crippen LogP contribution in [-0.2, 0) is 24.3 Å². The first-order valence-electron chi connectivity index (χ1n) is 12.0. The number of nitrogens with zero attached hydrogens (tertiary/aromatic N) is 3. The topological polar surface area (TPSA) is 71.3 Å². The van der Waals surface area contributed by atoms with Crippen molar-refractivity contribution in [2.75, 3.05) is 5.32 Å². The zero-order chi connectivity index (χ0) is 25.6. The van der Waals surface area contributed by atoms with Crippen LogP contribution in [-0.4, -0.2) is 20.5 Å². The molecule has 5 rings (SSSR count). The predicted molar refractivity (Wildman–Crippen MR) is 152 cm³/mol. The van der Waals surface area contributed by atoms with Crippen LogP contribution in [0.3, 0.4) is 0 Å². The summed E-state index contributed by atoms with van der Waals surface area (Å²) in [6, 6.07) is 27.8. The normalized spacial score (nSPS) is 11.0. The Balaban J connectivity index is 1.26. The molecule has 2 heterocycles. The average molecular weight is 575 g/mol. The number of hydrogen-bond acceptors (Lipinski definition) is 4. The lowest BCUT2D eigenvalue weighted by Crippen LogP contribution is -2.23. The van der Waals surface area contributed by atoms with Crippen molar-refractivity contribution in [1.82, 2.24) is 19.9 Å². The molecule has 0 aliphatic carbocycles. The van der Waals surface area contributed by atoms with Crippen LogP contribution >= 0.6 is 27.5 Å². The van der Waals surface area contributed by atoms with E-state index in [0.717, 1.165) is 44.7 Å².